The van der Waals surface area contributed by atoms with E-state index in [1.54, 1.807) is 0 Å². The SMILES string of the molecule is CCC1C(CN(C)N)CCN1C. The van der Waals surface area contributed by atoms with Gasteiger partial charge in [0.1, 0.15) is 0 Å². The van der Waals surface area contributed by atoms with Gasteiger partial charge in [-0.15, -0.1) is 0 Å². The van der Waals surface area contributed by atoms with Crippen LogP contribution in [0.1, 0.15) is 19.8 Å². The fraction of sp³-hybridized carbons (Fsp3) is 1.00. The average Bonchev–Trinajstić information content (AvgIpc) is 2.30. The van der Waals surface area contributed by atoms with E-state index in [4.69, 9.17) is 5.84 Å². The lowest BCUT2D eigenvalue weighted by atomic mass is 9.98. The summed E-state index contributed by atoms with van der Waals surface area (Å²) in [5.41, 5.74) is 0. The Kier molecular flexibility index (Phi) is 3.50. The third-order valence-corrected chi connectivity index (χ3v) is 2.90. The predicted octanol–water partition coefficient (Wildman–Crippen LogP) is 0.522. The van der Waals surface area contributed by atoms with Crippen LogP contribution in [-0.4, -0.2) is 43.1 Å². The first-order valence-electron chi connectivity index (χ1n) is 4.81. The van der Waals surface area contributed by atoms with E-state index in [0.717, 1.165) is 18.5 Å². The van der Waals surface area contributed by atoms with Gasteiger partial charge in [0.15, 0.2) is 0 Å². The highest BCUT2D eigenvalue weighted by atomic mass is 15.4. The van der Waals surface area contributed by atoms with E-state index in [-0.39, 0.29) is 0 Å². The second kappa shape index (κ2) is 4.21. The van der Waals surface area contributed by atoms with Crippen molar-refractivity contribution in [1.29, 1.82) is 0 Å². The third-order valence-electron chi connectivity index (χ3n) is 2.90. The summed E-state index contributed by atoms with van der Waals surface area (Å²) in [6.45, 7) is 4.52. The molecule has 0 amide bonds. The Morgan fingerprint density at radius 2 is 2.25 bits per heavy atom. The minimum Gasteiger partial charge on any atom is -0.303 e. The summed E-state index contributed by atoms with van der Waals surface area (Å²) in [6, 6.07) is 0.746. The Labute approximate surface area is 75.5 Å². The average molecular weight is 171 g/mol. The largest absolute Gasteiger partial charge is 0.303 e. The van der Waals surface area contributed by atoms with Crippen LogP contribution in [0.2, 0.25) is 0 Å². The molecule has 0 saturated carbocycles. The van der Waals surface area contributed by atoms with Crippen LogP contribution in [0.3, 0.4) is 0 Å². The second-order valence-electron chi connectivity index (χ2n) is 3.94. The van der Waals surface area contributed by atoms with E-state index in [2.05, 4.69) is 18.9 Å². The van der Waals surface area contributed by atoms with Crippen molar-refractivity contribution in [3.05, 3.63) is 0 Å². The summed E-state index contributed by atoms with van der Waals surface area (Å²) in [7, 11) is 4.16. The van der Waals surface area contributed by atoms with Gasteiger partial charge in [0, 0.05) is 19.6 Å². The number of nitrogens with zero attached hydrogens (tertiary/aromatic N) is 2. The van der Waals surface area contributed by atoms with Crippen molar-refractivity contribution in [1.82, 2.24) is 9.91 Å². The molecule has 1 saturated heterocycles. The molecule has 2 atom stereocenters. The summed E-state index contributed by atoms with van der Waals surface area (Å²) < 4.78 is 0. The molecule has 72 valence electrons. The van der Waals surface area contributed by atoms with E-state index in [0.29, 0.717) is 0 Å². The van der Waals surface area contributed by atoms with E-state index in [1.165, 1.54) is 19.4 Å². The van der Waals surface area contributed by atoms with Gasteiger partial charge < -0.3 is 4.90 Å². The number of hydrogen-bond donors (Lipinski definition) is 1. The first-order chi connectivity index (χ1) is 5.65. The monoisotopic (exact) mass is 171 g/mol. The number of likely N-dealkylation sites (tertiary alicyclic amines) is 1. The summed E-state index contributed by atoms with van der Waals surface area (Å²) in [5.74, 6) is 6.42. The molecule has 1 fully saturated rings. The molecule has 0 radical (unpaired) electrons. The van der Waals surface area contributed by atoms with Crippen LogP contribution in [0.15, 0.2) is 0 Å². The minimum absolute atomic E-state index is 0.746. The number of hydrogen-bond acceptors (Lipinski definition) is 3. The number of nitrogens with two attached hydrogens (primary N) is 1. The van der Waals surface area contributed by atoms with Gasteiger partial charge in [0.25, 0.3) is 0 Å². The zero-order valence-corrected chi connectivity index (χ0v) is 8.45. The fourth-order valence-corrected chi connectivity index (χ4v) is 2.32. The second-order valence-corrected chi connectivity index (χ2v) is 3.94. The van der Waals surface area contributed by atoms with E-state index < -0.39 is 0 Å². The van der Waals surface area contributed by atoms with E-state index >= 15 is 0 Å². The number of hydrazine groups is 1. The van der Waals surface area contributed by atoms with E-state index in [9.17, 15) is 0 Å². The molecule has 12 heavy (non-hydrogen) atoms. The van der Waals surface area contributed by atoms with Crippen LogP contribution < -0.4 is 5.84 Å². The zero-order valence-electron chi connectivity index (χ0n) is 8.45. The molecule has 3 nitrogen and oxygen atoms in total. The van der Waals surface area contributed by atoms with Gasteiger partial charge in [-0.2, -0.15) is 0 Å². The van der Waals surface area contributed by atoms with Crippen molar-refractivity contribution < 1.29 is 0 Å². The molecule has 1 rings (SSSR count). The Morgan fingerprint density at radius 3 is 2.75 bits per heavy atom. The van der Waals surface area contributed by atoms with Crippen LogP contribution in [-0.2, 0) is 0 Å². The van der Waals surface area contributed by atoms with Crippen LogP contribution in [0.4, 0.5) is 0 Å². The van der Waals surface area contributed by atoms with Crippen molar-refractivity contribution in [3.8, 4) is 0 Å². The standard InChI is InChI=1S/C9H21N3/c1-4-9-8(7-12(3)10)5-6-11(9)2/h8-9H,4-7,10H2,1-3H3. The molecule has 2 N–H and O–H groups in total. The van der Waals surface area contributed by atoms with Gasteiger partial charge >= 0.3 is 0 Å². The fourth-order valence-electron chi connectivity index (χ4n) is 2.32. The van der Waals surface area contributed by atoms with Crippen molar-refractivity contribution in [2.75, 3.05) is 27.2 Å². The minimum atomic E-state index is 0.746. The van der Waals surface area contributed by atoms with Crippen molar-refractivity contribution in [2.45, 2.75) is 25.8 Å². The molecule has 0 bridgehead atoms. The van der Waals surface area contributed by atoms with Gasteiger partial charge in [-0.25, -0.2) is 5.01 Å². The Hall–Kier alpha value is -0.120. The lowest BCUT2D eigenvalue weighted by molar-refractivity contribution is 0.214. The van der Waals surface area contributed by atoms with Gasteiger partial charge in [-0.1, -0.05) is 6.92 Å². The van der Waals surface area contributed by atoms with Gasteiger partial charge in [-0.05, 0) is 32.4 Å². The van der Waals surface area contributed by atoms with Crippen LogP contribution in [0, 0.1) is 5.92 Å². The van der Waals surface area contributed by atoms with Crippen LogP contribution in [0.5, 0.6) is 0 Å². The summed E-state index contributed by atoms with van der Waals surface area (Å²) in [4.78, 5) is 2.45. The van der Waals surface area contributed by atoms with Gasteiger partial charge in [-0.3, -0.25) is 5.84 Å². The van der Waals surface area contributed by atoms with Gasteiger partial charge in [0.2, 0.25) is 0 Å². The molecule has 1 heterocycles. The van der Waals surface area contributed by atoms with Crippen molar-refractivity contribution in [2.24, 2.45) is 11.8 Å². The van der Waals surface area contributed by atoms with E-state index in [1.807, 2.05) is 12.1 Å². The topological polar surface area (TPSA) is 32.5 Å². The van der Waals surface area contributed by atoms with Crippen molar-refractivity contribution in [3.63, 3.8) is 0 Å². The highest BCUT2D eigenvalue weighted by molar-refractivity contribution is 4.84. The molecule has 3 heteroatoms. The number of rotatable bonds is 3. The highest BCUT2D eigenvalue weighted by Gasteiger charge is 2.30. The summed E-state index contributed by atoms with van der Waals surface area (Å²) >= 11 is 0. The summed E-state index contributed by atoms with van der Waals surface area (Å²) in [5, 5.41) is 1.81. The molecule has 0 aliphatic carbocycles. The highest BCUT2D eigenvalue weighted by Crippen LogP contribution is 2.24. The molecule has 0 aromatic carbocycles. The first-order valence-corrected chi connectivity index (χ1v) is 4.81. The maximum atomic E-state index is 5.65. The molecular weight excluding hydrogens is 150 g/mol. The first kappa shape index (κ1) is 9.96. The van der Waals surface area contributed by atoms with Crippen molar-refractivity contribution >= 4 is 0 Å². The molecule has 1 aliphatic heterocycles. The maximum absolute atomic E-state index is 5.65. The van der Waals surface area contributed by atoms with Crippen LogP contribution in [0.25, 0.3) is 0 Å². The third kappa shape index (κ3) is 2.19. The molecule has 0 aromatic rings. The zero-order chi connectivity index (χ0) is 9.14. The molecule has 1 aliphatic rings. The molecular formula is C9H21N3. The lowest BCUT2D eigenvalue weighted by Gasteiger charge is -2.25. The Balaban J connectivity index is 2.43. The lowest BCUT2D eigenvalue weighted by Crippen LogP contribution is -2.37. The molecule has 2 unspecified atom stereocenters. The van der Waals surface area contributed by atoms with Gasteiger partial charge in [0.05, 0.1) is 0 Å². The normalized spacial score (nSPS) is 31.8. The smallest absolute Gasteiger partial charge is 0.0169 e. The quantitative estimate of drug-likeness (QED) is 0.496. The maximum Gasteiger partial charge on any atom is 0.0169 e. The Morgan fingerprint density at radius 1 is 1.58 bits per heavy atom. The predicted molar refractivity (Wildman–Crippen MR) is 51.6 cm³/mol. The molecule has 0 spiro atoms. The summed E-state index contributed by atoms with van der Waals surface area (Å²) in [6.07, 6.45) is 2.55. The van der Waals surface area contributed by atoms with Crippen LogP contribution >= 0.6 is 0 Å². The molecule has 0 aromatic heterocycles. The Bertz CT molecular complexity index is 136.